The molecule has 3 nitrogen and oxygen atoms in total. The number of rotatable bonds is 5. The Morgan fingerprint density at radius 1 is 1.04 bits per heavy atom. The van der Waals surface area contributed by atoms with E-state index in [-0.39, 0.29) is 35.4 Å². The lowest BCUT2D eigenvalue weighted by Gasteiger charge is -2.30. The van der Waals surface area contributed by atoms with Crippen LogP contribution in [0.1, 0.15) is 57.6 Å². The van der Waals surface area contributed by atoms with Crippen LogP contribution in [0.25, 0.3) is 0 Å². The van der Waals surface area contributed by atoms with Crippen molar-refractivity contribution in [3.8, 4) is 0 Å². The van der Waals surface area contributed by atoms with E-state index in [4.69, 9.17) is 0 Å². The summed E-state index contributed by atoms with van der Waals surface area (Å²) < 4.78 is 63.1. The smallest absolute Gasteiger partial charge is 0.299 e. The molecule has 0 unspecified atom stereocenters. The molecule has 0 aliphatic heterocycles. The number of carbonyl (C=O) groups is 1. The van der Waals surface area contributed by atoms with Crippen molar-refractivity contribution in [2.24, 2.45) is 11.8 Å². The van der Waals surface area contributed by atoms with Gasteiger partial charge in [0.15, 0.2) is 9.84 Å². The molecule has 0 radical (unpaired) electrons. The standard InChI is InChI=1S/C20H27F3O3S/c1-19(2,3)27(25,26)13-14-8-10-15(11-9-14)18(24)12-16-6-4-5-7-17(16)20(21,22)23/h4-7,14-15H,8-13H2,1-3H3. The maximum absolute atomic E-state index is 13.1. The molecule has 0 heterocycles. The summed E-state index contributed by atoms with van der Waals surface area (Å²) in [7, 11) is -3.22. The average molecular weight is 404 g/mol. The van der Waals surface area contributed by atoms with Crippen LogP contribution in [0.15, 0.2) is 24.3 Å². The van der Waals surface area contributed by atoms with Crippen LogP contribution < -0.4 is 0 Å². The number of Topliss-reactive ketones (excluding diaryl/α,β-unsaturated/α-hetero) is 1. The molecule has 0 spiro atoms. The molecule has 1 saturated carbocycles. The number of benzene rings is 1. The maximum Gasteiger partial charge on any atom is 0.416 e. The number of hydrogen-bond acceptors (Lipinski definition) is 3. The quantitative estimate of drug-likeness (QED) is 0.706. The molecule has 0 atom stereocenters. The Labute approximate surface area is 159 Å². The van der Waals surface area contributed by atoms with Crippen LogP contribution in [0.2, 0.25) is 0 Å². The van der Waals surface area contributed by atoms with E-state index in [0.29, 0.717) is 25.7 Å². The SMILES string of the molecule is CC(C)(C)S(=O)(=O)CC1CCC(C(=O)Cc2ccccc2C(F)(F)F)CC1. The summed E-state index contributed by atoms with van der Waals surface area (Å²) in [4.78, 5) is 12.5. The molecule has 0 saturated heterocycles. The van der Waals surface area contributed by atoms with Gasteiger partial charge in [0.05, 0.1) is 16.1 Å². The van der Waals surface area contributed by atoms with E-state index >= 15 is 0 Å². The Balaban J connectivity index is 1.97. The van der Waals surface area contributed by atoms with E-state index in [1.54, 1.807) is 20.8 Å². The van der Waals surface area contributed by atoms with Crippen LogP contribution >= 0.6 is 0 Å². The lowest BCUT2D eigenvalue weighted by Crippen LogP contribution is -2.35. The fraction of sp³-hybridized carbons (Fsp3) is 0.650. The van der Waals surface area contributed by atoms with Crippen molar-refractivity contribution in [1.29, 1.82) is 0 Å². The lowest BCUT2D eigenvalue weighted by atomic mass is 9.79. The minimum atomic E-state index is -4.48. The van der Waals surface area contributed by atoms with Crippen LogP contribution in [0, 0.1) is 11.8 Å². The van der Waals surface area contributed by atoms with Crippen molar-refractivity contribution in [3.63, 3.8) is 0 Å². The first-order valence-electron chi connectivity index (χ1n) is 9.21. The number of sulfone groups is 1. The molecular weight excluding hydrogens is 377 g/mol. The maximum atomic E-state index is 13.1. The molecule has 2 rings (SSSR count). The monoisotopic (exact) mass is 404 g/mol. The zero-order valence-electron chi connectivity index (χ0n) is 16.0. The largest absolute Gasteiger partial charge is 0.416 e. The van der Waals surface area contributed by atoms with Gasteiger partial charge < -0.3 is 0 Å². The van der Waals surface area contributed by atoms with Crippen LogP contribution in [0.5, 0.6) is 0 Å². The lowest BCUT2D eigenvalue weighted by molar-refractivity contribution is -0.138. The first kappa shape index (κ1) is 21.9. The second-order valence-electron chi connectivity index (χ2n) is 8.41. The molecule has 0 amide bonds. The van der Waals surface area contributed by atoms with Gasteiger partial charge in [-0.15, -0.1) is 0 Å². The highest BCUT2D eigenvalue weighted by Crippen LogP contribution is 2.35. The fourth-order valence-electron chi connectivity index (χ4n) is 3.49. The highest BCUT2D eigenvalue weighted by Gasteiger charge is 2.36. The fourth-order valence-corrected chi connectivity index (χ4v) is 4.95. The van der Waals surface area contributed by atoms with Gasteiger partial charge >= 0.3 is 6.18 Å². The number of alkyl halides is 3. The van der Waals surface area contributed by atoms with Gasteiger partial charge in [0.2, 0.25) is 0 Å². The van der Waals surface area contributed by atoms with Crippen molar-refractivity contribution < 1.29 is 26.4 Å². The number of ketones is 1. The Kier molecular flexibility index (Phi) is 6.44. The van der Waals surface area contributed by atoms with Crippen molar-refractivity contribution in [2.45, 2.75) is 63.8 Å². The summed E-state index contributed by atoms with van der Waals surface area (Å²) >= 11 is 0. The zero-order valence-corrected chi connectivity index (χ0v) is 16.8. The Morgan fingerprint density at radius 3 is 2.11 bits per heavy atom. The molecule has 0 bridgehead atoms. The van der Waals surface area contributed by atoms with Crippen molar-refractivity contribution in [2.75, 3.05) is 5.75 Å². The summed E-state index contributed by atoms with van der Waals surface area (Å²) in [5.41, 5.74) is -0.754. The van der Waals surface area contributed by atoms with Crippen molar-refractivity contribution >= 4 is 15.6 Å². The Morgan fingerprint density at radius 2 is 1.59 bits per heavy atom. The van der Waals surface area contributed by atoms with Gasteiger partial charge in [0.1, 0.15) is 5.78 Å². The molecule has 1 aromatic rings. The van der Waals surface area contributed by atoms with E-state index in [0.717, 1.165) is 6.07 Å². The van der Waals surface area contributed by atoms with Gasteiger partial charge in [-0.1, -0.05) is 18.2 Å². The van der Waals surface area contributed by atoms with Gasteiger partial charge in [0.25, 0.3) is 0 Å². The third kappa shape index (κ3) is 5.56. The van der Waals surface area contributed by atoms with Gasteiger partial charge in [-0.25, -0.2) is 8.42 Å². The highest BCUT2D eigenvalue weighted by molar-refractivity contribution is 7.92. The Bertz CT molecular complexity index is 768. The van der Waals surface area contributed by atoms with Crippen LogP contribution in [0.3, 0.4) is 0 Å². The molecule has 0 N–H and O–H groups in total. The molecule has 152 valence electrons. The topological polar surface area (TPSA) is 51.2 Å². The summed E-state index contributed by atoms with van der Waals surface area (Å²) in [5, 5.41) is 0. The predicted octanol–water partition coefficient (Wildman–Crippen LogP) is 4.84. The molecule has 7 heteroatoms. The van der Waals surface area contributed by atoms with Gasteiger partial charge in [-0.05, 0) is 64.0 Å². The minimum absolute atomic E-state index is 0.00688. The number of carbonyl (C=O) groups excluding carboxylic acids is 1. The molecule has 0 aromatic heterocycles. The van der Waals surface area contributed by atoms with Gasteiger partial charge in [-0.3, -0.25) is 4.79 Å². The molecule has 1 aliphatic rings. The van der Waals surface area contributed by atoms with Crippen LogP contribution in [-0.2, 0) is 27.2 Å². The molecule has 1 aliphatic carbocycles. The van der Waals surface area contributed by atoms with Gasteiger partial charge in [0, 0.05) is 12.3 Å². The molecule has 27 heavy (non-hydrogen) atoms. The second kappa shape index (κ2) is 7.94. The van der Waals surface area contributed by atoms with Crippen LogP contribution in [-0.4, -0.2) is 24.7 Å². The summed E-state index contributed by atoms with van der Waals surface area (Å²) in [6.07, 6.45) is -2.39. The third-order valence-electron chi connectivity index (χ3n) is 5.38. The zero-order chi connectivity index (χ0) is 20.5. The average Bonchev–Trinajstić information content (AvgIpc) is 2.53. The predicted molar refractivity (Wildman–Crippen MR) is 99.1 cm³/mol. The first-order chi connectivity index (χ1) is 12.3. The number of halogens is 3. The first-order valence-corrected chi connectivity index (χ1v) is 10.9. The highest BCUT2D eigenvalue weighted by atomic mass is 32.2. The normalized spacial score (nSPS) is 21.9. The summed E-state index contributed by atoms with van der Waals surface area (Å²) in [6, 6.07) is 5.17. The summed E-state index contributed by atoms with van der Waals surface area (Å²) in [6.45, 7) is 5.03. The molecular formula is C20H27F3O3S. The van der Waals surface area contributed by atoms with Gasteiger partial charge in [-0.2, -0.15) is 13.2 Å². The number of hydrogen-bond donors (Lipinski definition) is 0. The summed E-state index contributed by atoms with van der Waals surface area (Å²) in [5.74, 6) is -0.363. The Hall–Kier alpha value is -1.37. The van der Waals surface area contributed by atoms with E-state index in [2.05, 4.69) is 0 Å². The third-order valence-corrected chi connectivity index (χ3v) is 8.15. The molecule has 1 aromatic carbocycles. The second-order valence-corrected chi connectivity index (χ2v) is 11.2. The van der Waals surface area contributed by atoms with E-state index in [1.807, 2.05) is 0 Å². The van der Waals surface area contributed by atoms with E-state index in [1.165, 1.54) is 18.2 Å². The minimum Gasteiger partial charge on any atom is -0.299 e. The van der Waals surface area contributed by atoms with Crippen molar-refractivity contribution in [3.05, 3.63) is 35.4 Å². The molecule has 1 fully saturated rings. The van der Waals surface area contributed by atoms with E-state index in [9.17, 15) is 26.4 Å². The van der Waals surface area contributed by atoms with Crippen molar-refractivity contribution in [1.82, 2.24) is 0 Å². The van der Waals surface area contributed by atoms with E-state index < -0.39 is 26.3 Å². The van der Waals surface area contributed by atoms with Crippen LogP contribution in [0.4, 0.5) is 13.2 Å².